The van der Waals surface area contributed by atoms with Crippen LogP contribution < -0.4 is 20.3 Å². The monoisotopic (exact) mass is 383 g/mol. The average molecular weight is 384 g/mol. The van der Waals surface area contributed by atoms with Crippen molar-refractivity contribution in [2.75, 3.05) is 30.4 Å². The normalized spacial score (nSPS) is 15.9. The van der Waals surface area contributed by atoms with Gasteiger partial charge in [-0.1, -0.05) is 25.1 Å². The molecule has 1 aliphatic rings. The Balaban J connectivity index is 1.55. The fourth-order valence-corrected chi connectivity index (χ4v) is 3.68. The Bertz CT molecular complexity index is 754. The number of rotatable bonds is 5. The average Bonchev–Trinajstić information content (AvgIpc) is 2.68. The van der Waals surface area contributed by atoms with Crippen molar-refractivity contribution in [1.29, 1.82) is 0 Å². The van der Waals surface area contributed by atoms with Crippen LogP contribution >= 0.6 is 12.2 Å². The van der Waals surface area contributed by atoms with Gasteiger partial charge in [0, 0.05) is 30.5 Å². The minimum absolute atomic E-state index is 0.131. The molecule has 0 radical (unpaired) electrons. The van der Waals surface area contributed by atoms with Crippen LogP contribution in [0.2, 0.25) is 0 Å². The second-order valence-corrected chi connectivity index (χ2v) is 7.72. The molecule has 0 spiro atoms. The van der Waals surface area contributed by atoms with Crippen LogP contribution in [0.1, 0.15) is 38.3 Å². The van der Waals surface area contributed by atoms with Crippen molar-refractivity contribution < 1.29 is 4.74 Å². The zero-order valence-electron chi connectivity index (χ0n) is 16.4. The van der Waals surface area contributed by atoms with Crippen LogP contribution in [-0.2, 0) is 0 Å². The quantitative estimate of drug-likeness (QED) is 0.712. The van der Waals surface area contributed by atoms with Gasteiger partial charge >= 0.3 is 0 Å². The van der Waals surface area contributed by atoms with Gasteiger partial charge in [0.1, 0.15) is 5.75 Å². The summed E-state index contributed by atoms with van der Waals surface area (Å²) < 4.78 is 5.25. The molecule has 144 valence electrons. The Morgan fingerprint density at radius 1 is 1.15 bits per heavy atom. The van der Waals surface area contributed by atoms with E-state index in [9.17, 15) is 0 Å². The molecule has 1 aliphatic heterocycles. The van der Waals surface area contributed by atoms with E-state index in [0.29, 0.717) is 5.11 Å². The van der Waals surface area contributed by atoms with Crippen molar-refractivity contribution in [3.05, 3.63) is 54.1 Å². The maximum atomic E-state index is 5.46. The summed E-state index contributed by atoms with van der Waals surface area (Å²) in [4.78, 5) is 2.48. The van der Waals surface area contributed by atoms with E-state index in [-0.39, 0.29) is 6.04 Å². The molecule has 2 N–H and O–H groups in total. The van der Waals surface area contributed by atoms with Gasteiger partial charge in [-0.2, -0.15) is 0 Å². The van der Waals surface area contributed by atoms with Crippen LogP contribution in [0.15, 0.2) is 48.5 Å². The summed E-state index contributed by atoms with van der Waals surface area (Å²) in [6.45, 7) is 6.78. The predicted octanol–water partition coefficient (Wildman–Crippen LogP) is 4.98. The molecule has 4 nitrogen and oxygen atoms in total. The standard InChI is InChI=1S/C22H29N3OS/c1-16-11-13-25(14-12-16)20-9-7-18(8-10-20)17(2)23-22(27)24-19-5-4-6-21(15-19)26-3/h4-10,15-17H,11-14H2,1-3H3,(H2,23,24,27)/t17-/m1/s1. The van der Waals surface area contributed by atoms with Crippen LogP contribution in [0.3, 0.4) is 0 Å². The van der Waals surface area contributed by atoms with Gasteiger partial charge in [0.15, 0.2) is 5.11 Å². The first kappa shape index (κ1) is 19.5. The molecule has 0 unspecified atom stereocenters. The number of hydrogen-bond donors (Lipinski definition) is 2. The lowest BCUT2D eigenvalue weighted by atomic mass is 9.98. The lowest BCUT2D eigenvalue weighted by molar-refractivity contribution is 0.415. The molecule has 0 amide bonds. The van der Waals surface area contributed by atoms with Crippen molar-refractivity contribution in [3.63, 3.8) is 0 Å². The van der Waals surface area contributed by atoms with E-state index in [1.54, 1.807) is 7.11 Å². The minimum atomic E-state index is 0.131. The molecule has 0 aromatic heterocycles. The highest BCUT2D eigenvalue weighted by Crippen LogP contribution is 2.24. The number of benzene rings is 2. The molecule has 5 heteroatoms. The number of piperidine rings is 1. The van der Waals surface area contributed by atoms with Crippen molar-refractivity contribution in [3.8, 4) is 5.75 Å². The third kappa shape index (κ3) is 5.36. The maximum Gasteiger partial charge on any atom is 0.171 e. The lowest BCUT2D eigenvalue weighted by Gasteiger charge is -2.32. The third-order valence-corrected chi connectivity index (χ3v) is 5.44. The summed E-state index contributed by atoms with van der Waals surface area (Å²) in [6.07, 6.45) is 2.56. The highest BCUT2D eigenvalue weighted by molar-refractivity contribution is 7.80. The first-order valence-electron chi connectivity index (χ1n) is 9.61. The molecule has 0 saturated carbocycles. The third-order valence-electron chi connectivity index (χ3n) is 5.22. The maximum absolute atomic E-state index is 5.46. The molecule has 1 fully saturated rings. The molecule has 1 heterocycles. The van der Waals surface area contributed by atoms with Gasteiger partial charge in [0.25, 0.3) is 0 Å². The Morgan fingerprint density at radius 2 is 1.85 bits per heavy atom. The zero-order chi connectivity index (χ0) is 19.2. The van der Waals surface area contributed by atoms with Gasteiger partial charge in [-0.15, -0.1) is 0 Å². The van der Waals surface area contributed by atoms with E-state index in [1.165, 1.54) is 24.1 Å². The van der Waals surface area contributed by atoms with Crippen LogP contribution in [0.4, 0.5) is 11.4 Å². The van der Waals surface area contributed by atoms with Crippen LogP contribution in [0.25, 0.3) is 0 Å². The van der Waals surface area contributed by atoms with Crippen molar-refractivity contribution >= 4 is 28.7 Å². The van der Waals surface area contributed by atoms with E-state index >= 15 is 0 Å². The summed E-state index contributed by atoms with van der Waals surface area (Å²) in [7, 11) is 1.66. The molecule has 0 aliphatic carbocycles. The Kier molecular flexibility index (Phi) is 6.56. The summed E-state index contributed by atoms with van der Waals surface area (Å²) in [6, 6.07) is 16.7. The molecular weight excluding hydrogens is 354 g/mol. The van der Waals surface area contributed by atoms with Crippen molar-refractivity contribution in [2.24, 2.45) is 5.92 Å². The minimum Gasteiger partial charge on any atom is -0.497 e. The first-order valence-corrected chi connectivity index (χ1v) is 10.0. The number of hydrogen-bond acceptors (Lipinski definition) is 3. The van der Waals surface area contributed by atoms with Gasteiger partial charge in [-0.3, -0.25) is 0 Å². The van der Waals surface area contributed by atoms with Gasteiger partial charge in [0.2, 0.25) is 0 Å². The molecular formula is C22H29N3OS. The van der Waals surface area contributed by atoms with Crippen molar-refractivity contribution in [2.45, 2.75) is 32.7 Å². The van der Waals surface area contributed by atoms with E-state index in [2.05, 4.69) is 53.6 Å². The molecule has 1 saturated heterocycles. The van der Waals surface area contributed by atoms with Crippen molar-refractivity contribution in [1.82, 2.24) is 5.32 Å². The molecule has 2 aromatic rings. The molecule has 2 aromatic carbocycles. The fraction of sp³-hybridized carbons (Fsp3) is 0.409. The molecule has 3 rings (SSSR count). The molecule has 1 atom stereocenters. The number of methoxy groups -OCH3 is 1. The highest BCUT2D eigenvalue weighted by Gasteiger charge is 2.16. The molecule has 0 bridgehead atoms. The van der Waals surface area contributed by atoms with Gasteiger partial charge in [-0.25, -0.2) is 0 Å². The number of anilines is 2. The largest absolute Gasteiger partial charge is 0.497 e. The second kappa shape index (κ2) is 9.09. The van der Waals surface area contributed by atoms with E-state index in [4.69, 9.17) is 17.0 Å². The zero-order valence-corrected chi connectivity index (χ0v) is 17.2. The Hall–Kier alpha value is -2.27. The van der Waals surface area contributed by atoms with Crippen LogP contribution in [0, 0.1) is 5.92 Å². The SMILES string of the molecule is COc1cccc(NC(=S)N[C@H](C)c2ccc(N3CCC(C)CC3)cc2)c1. The van der Waals surface area contributed by atoms with Crippen LogP contribution in [-0.4, -0.2) is 25.3 Å². The van der Waals surface area contributed by atoms with Gasteiger partial charge in [0.05, 0.1) is 13.2 Å². The summed E-state index contributed by atoms with van der Waals surface area (Å²) in [5.41, 5.74) is 3.45. The summed E-state index contributed by atoms with van der Waals surface area (Å²) >= 11 is 5.46. The molecule has 27 heavy (non-hydrogen) atoms. The smallest absolute Gasteiger partial charge is 0.171 e. The number of nitrogens with one attached hydrogen (secondary N) is 2. The van der Waals surface area contributed by atoms with Gasteiger partial charge in [-0.05, 0) is 67.7 Å². The van der Waals surface area contributed by atoms with Crippen LogP contribution in [0.5, 0.6) is 5.75 Å². The number of thiocarbonyl (C=S) groups is 1. The summed E-state index contributed by atoms with van der Waals surface area (Å²) in [5, 5.41) is 7.17. The lowest BCUT2D eigenvalue weighted by Crippen LogP contribution is -2.33. The second-order valence-electron chi connectivity index (χ2n) is 7.31. The number of ether oxygens (including phenoxy) is 1. The Morgan fingerprint density at radius 3 is 2.52 bits per heavy atom. The highest BCUT2D eigenvalue weighted by atomic mass is 32.1. The number of nitrogens with zero attached hydrogens (tertiary/aromatic N) is 1. The predicted molar refractivity (Wildman–Crippen MR) is 118 cm³/mol. The fourth-order valence-electron chi connectivity index (χ4n) is 3.39. The van der Waals surface area contributed by atoms with E-state index < -0.39 is 0 Å². The van der Waals surface area contributed by atoms with E-state index in [0.717, 1.165) is 30.4 Å². The van der Waals surface area contributed by atoms with E-state index in [1.807, 2.05) is 24.3 Å². The van der Waals surface area contributed by atoms with Gasteiger partial charge < -0.3 is 20.3 Å². The topological polar surface area (TPSA) is 36.5 Å². The Labute approximate surface area is 167 Å². The first-order chi connectivity index (χ1) is 13.0. The summed E-state index contributed by atoms with van der Waals surface area (Å²) in [5.74, 6) is 1.65.